The molecule has 0 unspecified atom stereocenters. The molecule has 2 amide bonds. The van der Waals surface area contributed by atoms with Gasteiger partial charge in [-0.15, -0.1) is 0 Å². The zero-order valence-corrected chi connectivity index (χ0v) is 16.0. The van der Waals surface area contributed by atoms with Crippen molar-refractivity contribution in [2.45, 2.75) is 6.54 Å². The van der Waals surface area contributed by atoms with E-state index in [1.54, 1.807) is 48.8 Å². The summed E-state index contributed by atoms with van der Waals surface area (Å²) >= 11 is 0. The van der Waals surface area contributed by atoms with E-state index in [4.69, 9.17) is 9.47 Å². The van der Waals surface area contributed by atoms with Crippen LogP contribution in [0.2, 0.25) is 0 Å². The van der Waals surface area contributed by atoms with Crippen LogP contribution in [0.3, 0.4) is 0 Å². The predicted octanol–water partition coefficient (Wildman–Crippen LogP) is 2.68. The van der Waals surface area contributed by atoms with Gasteiger partial charge in [-0.05, 0) is 35.9 Å². The van der Waals surface area contributed by atoms with Crippen LogP contribution in [0.25, 0.3) is 0 Å². The number of rotatable bonds is 7. The van der Waals surface area contributed by atoms with Crippen molar-refractivity contribution < 1.29 is 19.1 Å². The molecule has 8 heteroatoms. The van der Waals surface area contributed by atoms with Crippen molar-refractivity contribution in [3.8, 4) is 11.5 Å². The van der Waals surface area contributed by atoms with Gasteiger partial charge in [-0.25, -0.2) is 4.98 Å². The lowest BCUT2D eigenvalue weighted by molar-refractivity contribution is 0.0945. The zero-order valence-electron chi connectivity index (χ0n) is 16.0. The van der Waals surface area contributed by atoms with Crippen LogP contribution in [0.5, 0.6) is 11.5 Å². The van der Waals surface area contributed by atoms with Crippen LogP contribution >= 0.6 is 0 Å². The highest BCUT2D eigenvalue weighted by Crippen LogP contribution is 2.29. The van der Waals surface area contributed by atoms with Crippen LogP contribution in [0.1, 0.15) is 26.5 Å². The molecule has 148 valence electrons. The number of pyridine rings is 2. The van der Waals surface area contributed by atoms with Crippen molar-refractivity contribution in [2.24, 2.45) is 0 Å². The monoisotopic (exact) mass is 392 g/mol. The number of carbonyl (C=O) groups excluding carboxylic acids is 2. The summed E-state index contributed by atoms with van der Waals surface area (Å²) in [7, 11) is 3.05. The molecule has 0 radical (unpaired) electrons. The number of nitrogens with zero attached hydrogens (tertiary/aromatic N) is 2. The van der Waals surface area contributed by atoms with Crippen LogP contribution in [0.4, 0.5) is 5.69 Å². The Morgan fingerprint density at radius 1 is 0.931 bits per heavy atom. The molecule has 3 aromatic rings. The molecular formula is C21H20N4O4. The van der Waals surface area contributed by atoms with Gasteiger partial charge in [0.2, 0.25) is 0 Å². The molecule has 0 atom stereocenters. The number of carbonyl (C=O) groups is 2. The molecule has 2 aromatic heterocycles. The number of benzene rings is 1. The maximum Gasteiger partial charge on any atom is 0.274 e. The Balaban J connectivity index is 1.68. The summed E-state index contributed by atoms with van der Waals surface area (Å²) < 4.78 is 10.4. The summed E-state index contributed by atoms with van der Waals surface area (Å²) in [5.41, 5.74) is 1.65. The van der Waals surface area contributed by atoms with Gasteiger partial charge in [-0.2, -0.15) is 0 Å². The number of nitrogens with one attached hydrogen (secondary N) is 2. The first-order chi connectivity index (χ1) is 14.1. The van der Waals surface area contributed by atoms with Crippen molar-refractivity contribution in [2.75, 3.05) is 19.5 Å². The number of anilines is 1. The SMILES string of the molecule is COc1ccc(NC(=O)c2cccc(C(=O)NCc3cccnc3)n2)cc1OC. The molecule has 3 rings (SSSR count). The lowest BCUT2D eigenvalue weighted by Crippen LogP contribution is -2.25. The van der Waals surface area contributed by atoms with E-state index in [0.29, 0.717) is 23.7 Å². The summed E-state index contributed by atoms with van der Waals surface area (Å²) in [5.74, 6) is 0.214. The molecule has 2 heterocycles. The molecule has 0 bridgehead atoms. The van der Waals surface area contributed by atoms with E-state index in [2.05, 4.69) is 20.6 Å². The second-order valence-corrected chi connectivity index (χ2v) is 5.98. The third-order valence-electron chi connectivity index (χ3n) is 4.03. The van der Waals surface area contributed by atoms with Crippen LogP contribution in [-0.4, -0.2) is 36.0 Å². The molecule has 0 aliphatic heterocycles. The Morgan fingerprint density at radius 2 is 1.69 bits per heavy atom. The molecule has 1 aromatic carbocycles. The van der Waals surface area contributed by atoms with Gasteiger partial charge in [0.1, 0.15) is 11.4 Å². The molecule has 8 nitrogen and oxygen atoms in total. The van der Waals surface area contributed by atoms with Gasteiger partial charge in [-0.3, -0.25) is 14.6 Å². The Kier molecular flexibility index (Phi) is 6.36. The van der Waals surface area contributed by atoms with Gasteiger partial charge in [-0.1, -0.05) is 12.1 Å². The standard InChI is InChI=1S/C21H20N4O4/c1-28-18-9-8-15(11-19(18)29-2)24-21(27)17-7-3-6-16(25-17)20(26)23-13-14-5-4-10-22-12-14/h3-12H,13H2,1-2H3,(H,23,26)(H,24,27). The van der Waals surface area contributed by atoms with Gasteiger partial charge >= 0.3 is 0 Å². The minimum Gasteiger partial charge on any atom is -0.493 e. The van der Waals surface area contributed by atoms with E-state index in [-0.39, 0.29) is 17.3 Å². The maximum atomic E-state index is 12.5. The van der Waals surface area contributed by atoms with E-state index >= 15 is 0 Å². The minimum absolute atomic E-state index is 0.119. The number of ether oxygens (including phenoxy) is 2. The molecule has 0 saturated carbocycles. The molecule has 29 heavy (non-hydrogen) atoms. The Labute approximate surface area is 167 Å². The van der Waals surface area contributed by atoms with E-state index in [1.807, 2.05) is 6.07 Å². The number of hydrogen-bond acceptors (Lipinski definition) is 6. The van der Waals surface area contributed by atoms with Crippen LogP contribution in [-0.2, 0) is 6.54 Å². The summed E-state index contributed by atoms with van der Waals surface area (Å²) in [5, 5.41) is 5.49. The Hall–Kier alpha value is -3.94. The summed E-state index contributed by atoms with van der Waals surface area (Å²) in [6, 6.07) is 13.3. The number of aromatic nitrogens is 2. The van der Waals surface area contributed by atoms with Crippen molar-refractivity contribution >= 4 is 17.5 Å². The first-order valence-corrected chi connectivity index (χ1v) is 8.78. The summed E-state index contributed by atoms with van der Waals surface area (Å²) in [6.45, 7) is 0.316. The average molecular weight is 392 g/mol. The van der Waals surface area contributed by atoms with E-state index in [0.717, 1.165) is 5.56 Å². The molecule has 2 N–H and O–H groups in total. The van der Waals surface area contributed by atoms with E-state index in [1.165, 1.54) is 20.3 Å². The number of hydrogen-bond donors (Lipinski definition) is 2. The van der Waals surface area contributed by atoms with Gasteiger partial charge in [0.25, 0.3) is 11.8 Å². The lowest BCUT2D eigenvalue weighted by Gasteiger charge is -2.11. The maximum absolute atomic E-state index is 12.5. The highest BCUT2D eigenvalue weighted by atomic mass is 16.5. The molecular weight excluding hydrogens is 372 g/mol. The predicted molar refractivity (Wildman–Crippen MR) is 107 cm³/mol. The zero-order chi connectivity index (χ0) is 20.6. The first kappa shape index (κ1) is 19.8. The molecule has 0 aliphatic rings. The second kappa shape index (κ2) is 9.32. The topological polar surface area (TPSA) is 102 Å². The normalized spacial score (nSPS) is 10.1. The molecule has 0 aliphatic carbocycles. The van der Waals surface area contributed by atoms with Crippen molar-refractivity contribution in [3.63, 3.8) is 0 Å². The van der Waals surface area contributed by atoms with Gasteiger partial charge < -0.3 is 20.1 Å². The molecule has 0 fully saturated rings. The Bertz CT molecular complexity index is 1010. The minimum atomic E-state index is -0.445. The highest BCUT2D eigenvalue weighted by Gasteiger charge is 2.14. The van der Waals surface area contributed by atoms with Crippen LogP contribution in [0.15, 0.2) is 60.9 Å². The van der Waals surface area contributed by atoms with E-state index in [9.17, 15) is 9.59 Å². The van der Waals surface area contributed by atoms with Gasteiger partial charge in [0, 0.05) is 30.7 Å². The number of amides is 2. The lowest BCUT2D eigenvalue weighted by atomic mass is 10.2. The highest BCUT2D eigenvalue weighted by molar-refractivity contribution is 6.04. The van der Waals surface area contributed by atoms with Crippen molar-refractivity contribution in [1.29, 1.82) is 0 Å². The average Bonchev–Trinajstić information content (AvgIpc) is 2.78. The fourth-order valence-corrected chi connectivity index (χ4v) is 2.57. The van der Waals surface area contributed by atoms with Crippen molar-refractivity contribution in [3.05, 3.63) is 77.9 Å². The van der Waals surface area contributed by atoms with Crippen LogP contribution < -0.4 is 20.1 Å². The third kappa shape index (κ3) is 5.07. The third-order valence-corrected chi connectivity index (χ3v) is 4.03. The molecule has 0 spiro atoms. The van der Waals surface area contributed by atoms with E-state index < -0.39 is 5.91 Å². The quantitative estimate of drug-likeness (QED) is 0.641. The van der Waals surface area contributed by atoms with Gasteiger partial charge in [0.15, 0.2) is 11.5 Å². The van der Waals surface area contributed by atoms with Crippen molar-refractivity contribution in [1.82, 2.24) is 15.3 Å². The fourth-order valence-electron chi connectivity index (χ4n) is 2.57. The summed E-state index contributed by atoms with van der Waals surface area (Å²) in [4.78, 5) is 33.0. The molecule has 0 saturated heterocycles. The smallest absolute Gasteiger partial charge is 0.274 e. The largest absolute Gasteiger partial charge is 0.493 e. The second-order valence-electron chi connectivity index (χ2n) is 5.98. The first-order valence-electron chi connectivity index (χ1n) is 8.78. The van der Waals surface area contributed by atoms with Gasteiger partial charge in [0.05, 0.1) is 14.2 Å². The Morgan fingerprint density at radius 3 is 2.38 bits per heavy atom. The number of methoxy groups -OCH3 is 2. The fraction of sp³-hybridized carbons (Fsp3) is 0.143. The summed E-state index contributed by atoms with van der Waals surface area (Å²) in [6.07, 6.45) is 3.33. The van der Waals surface area contributed by atoms with Crippen LogP contribution in [0, 0.1) is 0 Å².